The molecule has 138 valence electrons. The van der Waals surface area contributed by atoms with Crippen molar-refractivity contribution in [1.29, 1.82) is 0 Å². The molecule has 3 heterocycles. The van der Waals surface area contributed by atoms with E-state index >= 15 is 0 Å². The van der Waals surface area contributed by atoms with E-state index in [0.717, 1.165) is 38.6 Å². The van der Waals surface area contributed by atoms with Gasteiger partial charge in [-0.25, -0.2) is 8.42 Å². The number of aromatic nitrogens is 1. The van der Waals surface area contributed by atoms with Crippen molar-refractivity contribution in [2.24, 2.45) is 5.92 Å². The Morgan fingerprint density at radius 3 is 2.33 bits per heavy atom. The van der Waals surface area contributed by atoms with Crippen LogP contribution in [0.5, 0.6) is 0 Å². The first kappa shape index (κ1) is 19.7. The van der Waals surface area contributed by atoms with E-state index in [-0.39, 0.29) is 17.3 Å². The molecule has 0 unspecified atom stereocenters. The third-order valence-electron chi connectivity index (χ3n) is 4.87. The molecule has 1 N–H and O–H groups in total. The number of piperazine rings is 1. The van der Waals surface area contributed by atoms with E-state index in [0.29, 0.717) is 24.5 Å². The first-order valence-corrected chi connectivity index (χ1v) is 9.78. The smallest absolute Gasteiger partial charge is 0.248 e. The summed E-state index contributed by atoms with van der Waals surface area (Å²) in [5, 5.41) is 7.16. The van der Waals surface area contributed by atoms with Crippen LogP contribution in [0.4, 0.5) is 0 Å². The number of nitrogens with zero attached hydrogens (tertiary/aromatic N) is 3. The van der Waals surface area contributed by atoms with Crippen LogP contribution < -0.4 is 5.32 Å². The highest BCUT2D eigenvalue weighted by molar-refractivity contribution is 7.89. The molecule has 9 heteroatoms. The molecular formula is C15H27ClN4O3S. The van der Waals surface area contributed by atoms with Crippen molar-refractivity contribution in [1.82, 2.24) is 19.7 Å². The molecular weight excluding hydrogens is 352 g/mol. The highest BCUT2D eigenvalue weighted by atomic mass is 35.5. The van der Waals surface area contributed by atoms with Gasteiger partial charge in [0.25, 0.3) is 0 Å². The number of piperidine rings is 1. The van der Waals surface area contributed by atoms with Crippen molar-refractivity contribution in [3.63, 3.8) is 0 Å². The van der Waals surface area contributed by atoms with Crippen LogP contribution in [-0.2, 0) is 10.0 Å². The molecule has 0 spiro atoms. The molecule has 0 aromatic carbocycles. The molecule has 7 nitrogen and oxygen atoms in total. The number of hydrogen-bond donors (Lipinski definition) is 1. The van der Waals surface area contributed by atoms with E-state index in [4.69, 9.17) is 4.52 Å². The summed E-state index contributed by atoms with van der Waals surface area (Å²) in [6.45, 7) is 9.29. The van der Waals surface area contributed by atoms with Gasteiger partial charge < -0.3 is 14.7 Å². The Bertz CT molecular complexity index is 616. The summed E-state index contributed by atoms with van der Waals surface area (Å²) in [6, 6.07) is 0. The molecule has 0 radical (unpaired) electrons. The molecule has 24 heavy (non-hydrogen) atoms. The lowest BCUT2D eigenvalue weighted by molar-refractivity contribution is 0.152. The lowest BCUT2D eigenvalue weighted by Crippen LogP contribution is -2.50. The minimum atomic E-state index is -3.50. The van der Waals surface area contributed by atoms with E-state index in [9.17, 15) is 8.42 Å². The standard InChI is InChI=1S/C15H26N4O3S.ClH/c1-12-15(13(2)22-17-12)23(20,21)19-9-7-18(8-10-19)11-14-3-5-16-6-4-14;/h14,16H,3-11H2,1-2H3;1H. The van der Waals surface area contributed by atoms with Crippen molar-refractivity contribution < 1.29 is 12.9 Å². The Kier molecular flexibility index (Phi) is 6.66. The van der Waals surface area contributed by atoms with E-state index < -0.39 is 10.0 Å². The molecule has 1 aromatic rings. The fourth-order valence-electron chi connectivity index (χ4n) is 3.55. The Hall–Kier alpha value is -0.670. The zero-order valence-corrected chi connectivity index (χ0v) is 16.0. The summed E-state index contributed by atoms with van der Waals surface area (Å²) in [5.41, 5.74) is 0.444. The monoisotopic (exact) mass is 378 g/mol. The zero-order chi connectivity index (χ0) is 16.4. The predicted octanol–water partition coefficient (Wildman–Crippen LogP) is 1.02. The van der Waals surface area contributed by atoms with Gasteiger partial charge in [0.15, 0.2) is 5.76 Å². The Labute approximate surface area is 150 Å². The highest BCUT2D eigenvalue weighted by Crippen LogP contribution is 2.24. The molecule has 1 aromatic heterocycles. The van der Waals surface area contributed by atoms with Crippen LogP contribution in [0, 0.1) is 19.8 Å². The molecule has 2 fully saturated rings. The maximum Gasteiger partial charge on any atom is 0.248 e. The Morgan fingerprint density at radius 1 is 1.17 bits per heavy atom. The zero-order valence-electron chi connectivity index (χ0n) is 14.3. The van der Waals surface area contributed by atoms with E-state index in [2.05, 4.69) is 15.4 Å². The van der Waals surface area contributed by atoms with Gasteiger partial charge in [0.05, 0.1) is 0 Å². The van der Waals surface area contributed by atoms with Crippen LogP contribution in [0.3, 0.4) is 0 Å². The molecule has 0 amide bonds. The van der Waals surface area contributed by atoms with Gasteiger partial charge in [0.2, 0.25) is 10.0 Å². The third-order valence-corrected chi connectivity index (χ3v) is 7.02. The van der Waals surface area contributed by atoms with Gasteiger partial charge in [-0.05, 0) is 45.7 Å². The second-order valence-corrected chi connectivity index (χ2v) is 8.43. The first-order valence-electron chi connectivity index (χ1n) is 8.34. The number of aryl methyl sites for hydroxylation is 2. The summed E-state index contributed by atoms with van der Waals surface area (Å²) < 4.78 is 32.2. The van der Waals surface area contributed by atoms with Crippen molar-refractivity contribution in [2.75, 3.05) is 45.8 Å². The van der Waals surface area contributed by atoms with E-state index in [1.165, 1.54) is 12.8 Å². The second kappa shape index (κ2) is 8.14. The van der Waals surface area contributed by atoms with Crippen molar-refractivity contribution in [2.45, 2.75) is 31.6 Å². The fourth-order valence-corrected chi connectivity index (χ4v) is 5.27. The van der Waals surface area contributed by atoms with Crippen LogP contribution in [0.1, 0.15) is 24.3 Å². The minimum Gasteiger partial charge on any atom is -0.360 e. The topological polar surface area (TPSA) is 78.7 Å². The summed E-state index contributed by atoms with van der Waals surface area (Å²) in [6.07, 6.45) is 2.44. The Balaban J connectivity index is 0.00000208. The van der Waals surface area contributed by atoms with Gasteiger partial charge in [-0.3, -0.25) is 0 Å². The van der Waals surface area contributed by atoms with Crippen molar-refractivity contribution >= 4 is 22.4 Å². The van der Waals surface area contributed by atoms with E-state index in [1.54, 1.807) is 18.2 Å². The lowest BCUT2D eigenvalue weighted by atomic mass is 9.97. The number of sulfonamides is 1. The van der Waals surface area contributed by atoms with Crippen LogP contribution in [0.2, 0.25) is 0 Å². The van der Waals surface area contributed by atoms with Crippen LogP contribution in [-0.4, -0.2) is 68.6 Å². The second-order valence-electron chi connectivity index (χ2n) is 6.55. The van der Waals surface area contributed by atoms with Gasteiger partial charge in [-0.1, -0.05) is 5.16 Å². The Morgan fingerprint density at radius 2 is 1.79 bits per heavy atom. The lowest BCUT2D eigenvalue weighted by Gasteiger charge is -2.36. The quantitative estimate of drug-likeness (QED) is 0.842. The summed E-state index contributed by atoms with van der Waals surface area (Å²) in [4.78, 5) is 2.64. The van der Waals surface area contributed by atoms with E-state index in [1.807, 2.05) is 0 Å². The molecule has 0 aliphatic carbocycles. The summed E-state index contributed by atoms with van der Waals surface area (Å²) >= 11 is 0. The number of nitrogens with one attached hydrogen (secondary N) is 1. The average Bonchev–Trinajstić information content (AvgIpc) is 2.88. The summed E-state index contributed by atoms with van der Waals surface area (Å²) in [5.74, 6) is 1.11. The molecule has 0 bridgehead atoms. The van der Waals surface area contributed by atoms with Gasteiger partial charge in [-0.2, -0.15) is 4.31 Å². The molecule has 2 aliphatic rings. The average molecular weight is 379 g/mol. The van der Waals surface area contributed by atoms with Crippen molar-refractivity contribution in [3.05, 3.63) is 11.5 Å². The fraction of sp³-hybridized carbons (Fsp3) is 0.800. The molecule has 3 rings (SSSR count). The number of halogens is 1. The van der Waals surface area contributed by atoms with Crippen LogP contribution in [0.25, 0.3) is 0 Å². The molecule has 2 aliphatic heterocycles. The largest absolute Gasteiger partial charge is 0.360 e. The first-order chi connectivity index (χ1) is 11.0. The summed E-state index contributed by atoms with van der Waals surface area (Å²) in [7, 11) is -3.50. The maximum atomic E-state index is 12.8. The minimum absolute atomic E-state index is 0. The SMILES string of the molecule is Cc1noc(C)c1S(=O)(=O)N1CCN(CC2CCNCC2)CC1.Cl. The molecule has 0 atom stereocenters. The van der Waals surface area contributed by atoms with Crippen LogP contribution >= 0.6 is 12.4 Å². The number of hydrogen-bond acceptors (Lipinski definition) is 6. The highest BCUT2D eigenvalue weighted by Gasteiger charge is 2.33. The molecule has 2 saturated heterocycles. The molecule has 0 saturated carbocycles. The van der Waals surface area contributed by atoms with Gasteiger partial charge >= 0.3 is 0 Å². The van der Waals surface area contributed by atoms with Gasteiger partial charge in [0, 0.05) is 32.7 Å². The van der Waals surface area contributed by atoms with Crippen molar-refractivity contribution in [3.8, 4) is 0 Å². The van der Waals surface area contributed by atoms with Gasteiger partial charge in [-0.15, -0.1) is 12.4 Å². The number of rotatable bonds is 4. The maximum absolute atomic E-state index is 12.8. The van der Waals surface area contributed by atoms with Gasteiger partial charge in [0.1, 0.15) is 10.6 Å². The third kappa shape index (κ3) is 4.11. The normalized spacial score (nSPS) is 21.6. The predicted molar refractivity (Wildman–Crippen MR) is 94.0 cm³/mol. The van der Waals surface area contributed by atoms with Crippen LogP contribution in [0.15, 0.2) is 9.42 Å².